The Morgan fingerprint density at radius 2 is 2.03 bits per heavy atom. The molecule has 3 aromatic rings. The van der Waals surface area contributed by atoms with Crippen molar-refractivity contribution in [2.75, 3.05) is 42.9 Å². The predicted molar refractivity (Wildman–Crippen MR) is 113 cm³/mol. The Hall–Kier alpha value is -2.52. The van der Waals surface area contributed by atoms with Crippen LogP contribution in [0.1, 0.15) is 29.0 Å². The van der Waals surface area contributed by atoms with Gasteiger partial charge in [-0.1, -0.05) is 5.16 Å². The van der Waals surface area contributed by atoms with Gasteiger partial charge in [-0.15, -0.1) is 11.3 Å². The van der Waals surface area contributed by atoms with Crippen LogP contribution in [0.15, 0.2) is 16.9 Å². The molecule has 1 fully saturated rings. The lowest BCUT2D eigenvalue weighted by atomic mass is 9.97. The molecule has 3 aromatic heterocycles. The maximum Gasteiger partial charge on any atom is 0.239 e. The van der Waals surface area contributed by atoms with Crippen molar-refractivity contribution in [1.29, 1.82) is 0 Å². The smallest absolute Gasteiger partial charge is 0.239 e. The van der Waals surface area contributed by atoms with E-state index in [1.165, 1.54) is 35.1 Å². The van der Waals surface area contributed by atoms with E-state index in [1.807, 2.05) is 11.3 Å². The first kappa shape index (κ1) is 18.5. The summed E-state index contributed by atoms with van der Waals surface area (Å²) >= 11 is 1.83. The minimum absolute atomic E-state index is 0.0666. The van der Waals surface area contributed by atoms with E-state index in [1.54, 1.807) is 19.3 Å². The van der Waals surface area contributed by atoms with E-state index >= 15 is 0 Å². The molecule has 5 rings (SSSR count). The van der Waals surface area contributed by atoms with Crippen molar-refractivity contribution in [2.24, 2.45) is 0 Å². The lowest BCUT2D eigenvalue weighted by molar-refractivity contribution is -0.117. The third-order valence-corrected chi connectivity index (χ3v) is 6.87. The van der Waals surface area contributed by atoms with Gasteiger partial charge in [0.2, 0.25) is 5.91 Å². The number of carbonyl (C=O) groups is 1. The van der Waals surface area contributed by atoms with Crippen LogP contribution in [0.5, 0.6) is 0 Å². The SMILES string of the molecule is Cc1cc(NC(=O)CN2CCN(c3ncnc4sc5c(c34)CCCC5)CC2)no1. The maximum atomic E-state index is 12.3. The highest BCUT2D eigenvalue weighted by Crippen LogP contribution is 2.39. The van der Waals surface area contributed by atoms with Crippen molar-refractivity contribution in [1.82, 2.24) is 20.0 Å². The third kappa shape index (κ3) is 3.72. The Morgan fingerprint density at radius 3 is 2.83 bits per heavy atom. The molecule has 0 unspecified atom stereocenters. The van der Waals surface area contributed by atoms with E-state index in [-0.39, 0.29) is 5.91 Å². The van der Waals surface area contributed by atoms with Gasteiger partial charge in [0.15, 0.2) is 5.82 Å². The number of nitrogens with one attached hydrogen (secondary N) is 1. The Kier molecular flexibility index (Phi) is 4.92. The molecule has 29 heavy (non-hydrogen) atoms. The highest BCUT2D eigenvalue weighted by molar-refractivity contribution is 7.19. The number of fused-ring (bicyclic) bond motifs is 3. The first-order valence-electron chi connectivity index (χ1n) is 10.1. The highest BCUT2D eigenvalue weighted by atomic mass is 32.1. The molecule has 1 amide bonds. The summed E-state index contributed by atoms with van der Waals surface area (Å²) in [4.78, 5) is 28.6. The molecule has 0 saturated carbocycles. The van der Waals surface area contributed by atoms with E-state index in [0.717, 1.165) is 43.2 Å². The molecule has 1 saturated heterocycles. The summed E-state index contributed by atoms with van der Waals surface area (Å²) in [5, 5.41) is 7.87. The average Bonchev–Trinajstić information content (AvgIpc) is 3.31. The average molecular weight is 413 g/mol. The second-order valence-electron chi connectivity index (χ2n) is 7.72. The van der Waals surface area contributed by atoms with Gasteiger partial charge in [-0.05, 0) is 38.2 Å². The van der Waals surface area contributed by atoms with E-state index in [0.29, 0.717) is 18.1 Å². The number of anilines is 2. The Morgan fingerprint density at radius 1 is 1.21 bits per heavy atom. The van der Waals surface area contributed by atoms with Gasteiger partial charge < -0.3 is 14.7 Å². The zero-order valence-electron chi connectivity index (χ0n) is 16.5. The van der Waals surface area contributed by atoms with Crippen molar-refractivity contribution in [3.63, 3.8) is 0 Å². The number of hydrogen-bond donors (Lipinski definition) is 1. The van der Waals surface area contributed by atoms with E-state index in [4.69, 9.17) is 4.52 Å². The van der Waals surface area contributed by atoms with Gasteiger partial charge in [-0.25, -0.2) is 9.97 Å². The number of aromatic nitrogens is 3. The third-order valence-electron chi connectivity index (χ3n) is 5.67. The van der Waals surface area contributed by atoms with Gasteiger partial charge >= 0.3 is 0 Å². The molecule has 8 nitrogen and oxygen atoms in total. The molecular weight excluding hydrogens is 388 g/mol. The number of thiophene rings is 1. The lowest BCUT2D eigenvalue weighted by Crippen LogP contribution is -2.49. The molecule has 0 atom stereocenters. The van der Waals surface area contributed by atoms with Gasteiger partial charge in [-0.3, -0.25) is 9.69 Å². The fourth-order valence-corrected chi connectivity index (χ4v) is 5.47. The van der Waals surface area contributed by atoms with Gasteiger partial charge in [0.25, 0.3) is 0 Å². The Labute approximate surface area is 172 Å². The molecule has 1 aliphatic heterocycles. The van der Waals surface area contributed by atoms with Crippen LogP contribution in [-0.2, 0) is 17.6 Å². The molecule has 0 radical (unpaired) electrons. The number of piperazine rings is 1. The number of rotatable bonds is 4. The second kappa shape index (κ2) is 7.72. The molecule has 1 N–H and O–H groups in total. The van der Waals surface area contributed by atoms with E-state index in [9.17, 15) is 4.79 Å². The summed E-state index contributed by atoms with van der Waals surface area (Å²) in [6, 6.07) is 1.72. The van der Waals surface area contributed by atoms with Crippen LogP contribution in [0.4, 0.5) is 11.6 Å². The summed E-state index contributed by atoms with van der Waals surface area (Å²) in [7, 11) is 0. The Bertz CT molecular complexity index is 1040. The normalized spacial score (nSPS) is 17.5. The fourth-order valence-electron chi connectivity index (χ4n) is 4.24. The summed E-state index contributed by atoms with van der Waals surface area (Å²) in [5.74, 6) is 2.15. The molecular formula is C20H24N6O2S. The predicted octanol–water partition coefficient (Wildman–Crippen LogP) is 2.63. The molecule has 2 aliphatic rings. The largest absolute Gasteiger partial charge is 0.360 e. The standard InChI is InChI=1S/C20H24N6O2S/c1-13-10-16(24-28-13)23-17(27)11-25-6-8-26(9-7-25)19-18-14-4-2-3-5-15(14)29-20(18)22-12-21-19/h10,12H,2-9,11H2,1H3,(H,23,24,27). The summed E-state index contributed by atoms with van der Waals surface area (Å²) in [6.07, 6.45) is 6.53. The van der Waals surface area contributed by atoms with Crippen LogP contribution >= 0.6 is 11.3 Å². The maximum absolute atomic E-state index is 12.3. The second-order valence-corrected chi connectivity index (χ2v) is 8.81. The summed E-state index contributed by atoms with van der Waals surface area (Å²) in [5.41, 5.74) is 1.47. The van der Waals surface area contributed by atoms with E-state index in [2.05, 4.69) is 30.2 Å². The summed E-state index contributed by atoms with van der Waals surface area (Å²) < 4.78 is 4.99. The van der Waals surface area contributed by atoms with Gasteiger partial charge in [-0.2, -0.15) is 0 Å². The highest BCUT2D eigenvalue weighted by Gasteiger charge is 2.25. The van der Waals surface area contributed by atoms with E-state index < -0.39 is 0 Å². The van der Waals surface area contributed by atoms with Crippen molar-refractivity contribution < 1.29 is 9.32 Å². The van der Waals surface area contributed by atoms with Crippen molar-refractivity contribution >= 4 is 39.1 Å². The Balaban J connectivity index is 1.25. The molecule has 0 spiro atoms. The minimum atomic E-state index is -0.0666. The first-order chi connectivity index (χ1) is 14.2. The van der Waals surface area contributed by atoms with Gasteiger partial charge in [0.05, 0.1) is 11.9 Å². The summed E-state index contributed by atoms with van der Waals surface area (Å²) in [6.45, 7) is 5.51. The van der Waals surface area contributed by atoms with Crippen LogP contribution in [0, 0.1) is 6.92 Å². The van der Waals surface area contributed by atoms with Crippen LogP contribution in [0.25, 0.3) is 10.2 Å². The number of aryl methyl sites for hydroxylation is 3. The monoisotopic (exact) mass is 412 g/mol. The van der Waals surface area contributed by atoms with Crippen LogP contribution in [-0.4, -0.2) is 58.7 Å². The number of amides is 1. The van der Waals surface area contributed by atoms with Gasteiger partial charge in [0, 0.05) is 37.1 Å². The van der Waals surface area contributed by atoms with Crippen LogP contribution < -0.4 is 10.2 Å². The fraction of sp³-hybridized carbons (Fsp3) is 0.500. The van der Waals surface area contributed by atoms with Crippen molar-refractivity contribution in [3.05, 3.63) is 28.6 Å². The van der Waals surface area contributed by atoms with Gasteiger partial charge in [0.1, 0.15) is 22.7 Å². The topological polar surface area (TPSA) is 87.4 Å². The molecule has 152 valence electrons. The van der Waals surface area contributed by atoms with Crippen LogP contribution in [0.2, 0.25) is 0 Å². The molecule has 1 aliphatic carbocycles. The molecule has 0 bridgehead atoms. The number of nitrogens with zero attached hydrogens (tertiary/aromatic N) is 5. The van der Waals surface area contributed by atoms with Crippen LogP contribution in [0.3, 0.4) is 0 Å². The quantitative estimate of drug-likeness (QED) is 0.705. The van der Waals surface area contributed by atoms with Crippen molar-refractivity contribution in [2.45, 2.75) is 32.6 Å². The lowest BCUT2D eigenvalue weighted by Gasteiger charge is -2.35. The first-order valence-corrected chi connectivity index (χ1v) is 10.9. The minimum Gasteiger partial charge on any atom is -0.360 e. The zero-order valence-corrected chi connectivity index (χ0v) is 17.3. The molecule has 9 heteroatoms. The number of carbonyl (C=O) groups excluding carboxylic acids is 1. The molecule has 4 heterocycles. The number of hydrogen-bond acceptors (Lipinski definition) is 8. The zero-order chi connectivity index (χ0) is 19.8. The van der Waals surface area contributed by atoms with Crippen molar-refractivity contribution in [3.8, 4) is 0 Å². The molecule has 0 aromatic carbocycles.